The van der Waals surface area contributed by atoms with Gasteiger partial charge in [-0.15, -0.1) is 12.4 Å². The number of sulfone groups is 1. The molecule has 148 valence electrons. The first-order valence-electron chi connectivity index (χ1n) is 8.72. The maximum atomic E-state index is 12.4. The zero-order valence-electron chi connectivity index (χ0n) is 15.2. The second-order valence-corrected chi connectivity index (χ2v) is 9.26. The molecule has 1 aliphatic carbocycles. The first-order valence-corrected chi connectivity index (χ1v) is 10.8. The fourth-order valence-corrected chi connectivity index (χ4v) is 3.66. The van der Waals surface area contributed by atoms with Gasteiger partial charge in [0.2, 0.25) is 5.91 Å². The third-order valence-corrected chi connectivity index (χ3v) is 5.63. The van der Waals surface area contributed by atoms with Crippen LogP contribution in [0.3, 0.4) is 0 Å². The number of nitrogens with one attached hydrogen (secondary N) is 1. The number of benzene rings is 1. The van der Waals surface area contributed by atoms with Gasteiger partial charge in [-0.1, -0.05) is 25.3 Å². The van der Waals surface area contributed by atoms with Crippen LogP contribution in [0.2, 0.25) is 0 Å². The first-order chi connectivity index (χ1) is 11.8. The van der Waals surface area contributed by atoms with Crippen LogP contribution in [0.15, 0.2) is 24.3 Å². The lowest BCUT2D eigenvalue weighted by Gasteiger charge is -2.35. The highest BCUT2D eigenvalue weighted by Gasteiger charge is 2.32. The molecule has 0 aliphatic heterocycles. The third-order valence-electron chi connectivity index (χ3n) is 4.72. The number of hydrogen-bond acceptors (Lipinski definition) is 5. The summed E-state index contributed by atoms with van der Waals surface area (Å²) < 4.78 is 27.7. The van der Waals surface area contributed by atoms with E-state index in [9.17, 15) is 13.2 Å². The molecule has 2 rings (SSSR count). The third kappa shape index (κ3) is 7.51. The highest BCUT2D eigenvalue weighted by Crippen LogP contribution is 2.38. The van der Waals surface area contributed by atoms with Crippen molar-refractivity contribution in [2.75, 3.05) is 30.5 Å². The first kappa shape index (κ1) is 22.7. The SMILES string of the molecule is CS(=O)(=O)CCOc1cccc(NC(=O)CC2(CN)CCCCC2)c1.Cl. The maximum Gasteiger partial charge on any atom is 0.224 e. The van der Waals surface area contributed by atoms with Crippen molar-refractivity contribution in [2.24, 2.45) is 11.1 Å². The van der Waals surface area contributed by atoms with Crippen LogP contribution in [-0.2, 0) is 14.6 Å². The minimum atomic E-state index is -3.06. The van der Waals surface area contributed by atoms with Crippen molar-refractivity contribution in [2.45, 2.75) is 38.5 Å². The van der Waals surface area contributed by atoms with Crippen LogP contribution in [0.1, 0.15) is 38.5 Å². The second kappa shape index (κ2) is 10.1. The Morgan fingerprint density at radius 2 is 1.96 bits per heavy atom. The molecular formula is C18H29ClN2O4S. The number of carbonyl (C=O) groups is 1. The van der Waals surface area contributed by atoms with E-state index >= 15 is 0 Å². The fourth-order valence-electron chi connectivity index (χ4n) is 3.28. The molecule has 1 aromatic rings. The largest absolute Gasteiger partial charge is 0.492 e. The quantitative estimate of drug-likeness (QED) is 0.694. The van der Waals surface area contributed by atoms with Crippen LogP contribution in [0.4, 0.5) is 5.69 Å². The van der Waals surface area contributed by atoms with Gasteiger partial charge in [-0.25, -0.2) is 8.42 Å². The summed E-state index contributed by atoms with van der Waals surface area (Å²) in [5.74, 6) is 0.455. The van der Waals surface area contributed by atoms with Gasteiger partial charge in [0, 0.05) is 24.4 Å². The van der Waals surface area contributed by atoms with Crippen molar-refractivity contribution in [3.8, 4) is 5.75 Å². The predicted octanol–water partition coefficient (Wildman–Crippen LogP) is 2.77. The number of ether oxygens (including phenoxy) is 1. The second-order valence-electron chi connectivity index (χ2n) is 7.00. The van der Waals surface area contributed by atoms with E-state index in [1.165, 1.54) is 12.7 Å². The average Bonchev–Trinajstić information content (AvgIpc) is 2.54. The zero-order valence-corrected chi connectivity index (χ0v) is 16.8. The predicted molar refractivity (Wildman–Crippen MR) is 107 cm³/mol. The van der Waals surface area contributed by atoms with Crippen LogP contribution in [0.25, 0.3) is 0 Å². The molecule has 0 bridgehead atoms. The molecule has 0 radical (unpaired) electrons. The van der Waals surface area contributed by atoms with E-state index in [4.69, 9.17) is 10.5 Å². The van der Waals surface area contributed by atoms with Crippen LogP contribution < -0.4 is 15.8 Å². The van der Waals surface area contributed by atoms with E-state index in [2.05, 4.69) is 5.32 Å². The van der Waals surface area contributed by atoms with Gasteiger partial charge in [-0.2, -0.15) is 0 Å². The lowest BCUT2D eigenvalue weighted by Crippen LogP contribution is -2.36. The van der Waals surface area contributed by atoms with E-state index in [0.717, 1.165) is 25.7 Å². The number of rotatable bonds is 8. The van der Waals surface area contributed by atoms with Gasteiger partial charge in [-0.3, -0.25) is 4.79 Å². The Morgan fingerprint density at radius 3 is 2.58 bits per heavy atom. The summed E-state index contributed by atoms with van der Waals surface area (Å²) in [4.78, 5) is 12.4. The van der Waals surface area contributed by atoms with Crippen molar-refractivity contribution < 1.29 is 17.9 Å². The summed E-state index contributed by atoms with van der Waals surface area (Å²) in [5, 5.41) is 2.90. The molecule has 1 aliphatic rings. The van der Waals surface area contributed by atoms with E-state index in [1.807, 2.05) is 0 Å². The molecule has 0 atom stereocenters. The Labute approximate surface area is 162 Å². The van der Waals surface area contributed by atoms with Gasteiger partial charge in [-0.05, 0) is 36.9 Å². The molecule has 1 saturated carbocycles. The molecule has 3 N–H and O–H groups in total. The highest BCUT2D eigenvalue weighted by atomic mass is 35.5. The molecule has 8 heteroatoms. The normalized spacial score (nSPS) is 16.4. The number of anilines is 1. The van der Waals surface area contributed by atoms with E-state index in [1.54, 1.807) is 24.3 Å². The van der Waals surface area contributed by atoms with Gasteiger partial charge < -0.3 is 15.8 Å². The summed E-state index contributed by atoms with van der Waals surface area (Å²) in [7, 11) is -3.06. The van der Waals surface area contributed by atoms with Gasteiger partial charge >= 0.3 is 0 Å². The standard InChI is InChI=1S/C18H28N2O4S.ClH/c1-25(22,23)11-10-24-16-7-5-6-15(12-16)20-17(21)13-18(14-19)8-3-2-4-9-18;/h5-7,12H,2-4,8-11,13-14,19H2,1H3,(H,20,21);1H. The van der Waals surface area contributed by atoms with Crippen molar-refractivity contribution in [3.63, 3.8) is 0 Å². The topological polar surface area (TPSA) is 98.5 Å². The number of hydrogen-bond donors (Lipinski definition) is 2. The summed E-state index contributed by atoms with van der Waals surface area (Å²) in [5.41, 5.74) is 6.51. The number of nitrogens with two attached hydrogens (primary N) is 1. The fraction of sp³-hybridized carbons (Fsp3) is 0.611. The Bertz CT molecular complexity index is 688. The summed E-state index contributed by atoms with van der Waals surface area (Å²) >= 11 is 0. The van der Waals surface area contributed by atoms with Gasteiger partial charge in [0.05, 0.1) is 5.75 Å². The number of carbonyl (C=O) groups excluding carboxylic acids is 1. The summed E-state index contributed by atoms with van der Waals surface area (Å²) in [6.45, 7) is 0.627. The van der Waals surface area contributed by atoms with E-state index < -0.39 is 9.84 Å². The number of amides is 1. The Balaban J connectivity index is 0.00000338. The van der Waals surface area contributed by atoms with E-state index in [-0.39, 0.29) is 36.1 Å². The van der Waals surface area contributed by atoms with Crippen molar-refractivity contribution in [1.29, 1.82) is 0 Å². The van der Waals surface area contributed by atoms with Gasteiger partial charge in [0.1, 0.15) is 12.4 Å². The summed E-state index contributed by atoms with van der Waals surface area (Å²) in [6.07, 6.45) is 7.10. The molecule has 0 unspecified atom stereocenters. The summed E-state index contributed by atoms with van der Waals surface area (Å²) in [6, 6.07) is 7.00. The monoisotopic (exact) mass is 404 g/mol. The molecule has 1 fully saturated rings. The molecule has 0 saturated heterocycles. The molecule has 26 heavy (non-hydrogen) atoms. The van der Waals surface area contributed by atoms with Gasteiger partial charge in [0.25, 0.3) is 0 Å². The molecule has 1 aromatic carbocycles. The minimum absolute atomic E-state index is 0. The van der Waals surface area contributed by atoms with Crippen LogP contribution in [0, 0.1) is 5.41 Å². The molecule has 0 heterocycles. The average molecular weight is 405 g/mol. The Kier molecular flexibility index (Phi) is 8.86. The van der Waals surface area contributed by atoms with Crippen molar-refractivity contribution in [1.82, 2.24) is 0 Å². The minimum Gasteiger partial charge on any atom is -0.492 e. The van der Waals surface area contributed by atoms with Crippen LogP contribution in [0.5, 0.6) is 5.75 Å². The maximum absolute atomic E-state index is 12.4. The Hall–Kier alpha value is -1.31. The van der Waals surface area contributed by atoms with Crippen LogP contribution >= 0.6 is 12.4 Å². The number of halogens is 1. The molecular weight excluding hydrogens is 376 g/mol. The molecule has 6 nitrogen and oxygen atoms in total. The molecule has 1 amide bonds. The van der Waals surface area contributed by atoms with Crippen molar-refractivity contribution in [3.05, 3.63) is 24.3 Å². The lowest BCUT2D eigenvalue weighted by molar-refractivity contribution is -0.118. The molecule has 0 aromatic heterocycles. The van der Waals surface area contributed by atoms with Crippen LogP contribution in [-0.4, -0.2) is 39.5 Å². The molecule has 0 spiro atoms. The van der Waals surface area contributed by atoms with Crippen molar-refractivity contribution >= 4 is 33.8 Å². The highest BCUT2D eigenvalue weighted by molar-refractivity contribution is 7.90. The smallest absolute Gasteiger partial charge is 0.224 e. The van der Waals surface area contributed by atoms with Gasteiger partial charge in [0.15, 0.2) is 9.84 Å². The zero-order chi connectivity index (χ0) is 18.3. The lowest BCUT2D eigenvalue weighted by atomic mass is 9.71. The van der Waals surface area contributed by atoms with E-state index in [0.29, 0.717) is 24.4 Å². The Morgan fingerprint density at radius 1 is 1.27 bits per heavy atom.